The highest BCUT2D eigenvalue weighted by atomic mass is 127. The molecule has 0 aliphatic heterocycles. The zero-order valence-corrected chi connectivity index (χ0v) is 23.4. The van der Waals surface area contributed by atoms with Gasteiger partial charge in [0, 0.05) is 14.7 Å². The van der Waals surface area contributed by atoms with E-state index in [9.17, 15) is 0 Å². The van der Waals surface area contributed by atoms with Gasteiger partial charge in [-0.25, -0.2) is 0 Å². The average molecular weight is 563 g/mol. The summed E-state index contributed by atoms with van der Waals surface area (Å²) in [7, 11) is 0. The lowest BCUT2D eigenvalue weighted by Gasteiger charge is -2.33. The van der Waals surface area contributed by atoms with E-state index in [1.165, 1.54) is 110 Å². The van der Waals surface area contributed by atoms with E-state index in [1.807, 2.05) is 0 Å². The molecule has 176 valence electrons. The highest BCUT2D eigenvalue weighted by molar-refractivity contribution is 14.1. The Morgan fingerprint density at radius 2 is 1.16 bits per heavy atom. The van der Waals surface area contributed by atoms with Crippen molar-refractivity contribution in [2.75, 3.05) is 0 Å². The van der Waals surface area contributed by atoms with Crippen molar-refractivity contribution in [3.05, 3.63) is 56.7 Å². The van der Waals surface area contributed by atoms with Gasteiger partial charge in [-0.15, -0.1) is 0 Å². The molecule has 0 saturated carbocycles. The monoisotopic (exact) mass is 562 g/mol. The molecule has 1 aliphatic rings. The van der Waals surface area contributed by atoms with E-state index in [2.05, 4.69) is 85.5 Å². The van der Waals surface area contributed by atoms with E-state index >= 15 is 0 Å². The Hall–Kier alpha value is -0.480. The molecule has 2 heteroatoms. The Balaban J connectivity index is 1.88. The van der Waals surface area contributed by atoms with Crippen LogP contribution in [0.2, 0.25) is 0 Å². The molecule has 0 radical (unpaired) electrons. The van der Waals surface area contributed by atoms with Crippen molar-refractivity contribution in [1.29, 1.82) is 0 Å². The Labute approximate surface area is 216 Å². The lowest BCUT2D eigenvalue weighted by molar-refractivity contribution is 0.397. The molecule has 0 amide bonds. The summed E-state index contributed by atoms with van der Waals surface area (Å²) >= 11 is 7.13. The first-order valence-electron chi connectivity index (χ1n) is 13.2. The maximum absolute atomic E-state index is 4.62. The summed E-state index contributed by atoms with van der Waals surface area (Å²) in [6.45, 7) is 4.62. The van der Waals surface area contributed by atoms with Crippen LogP contribution in [0.3, 0.4) is 0 Å². The summed E-state index contributed by atoms with van der Waals surface area (Å²) in [5.41, 5.74) is 7.74. The molecule has 2 aromatic rings. The Bertz CT molecular complexity index is 825. The second-order valence-corrected chi connectivity index (χ2v) is 11.4. The number of fused-ring (bicyclic) bond motifs is 3. The Morgan fingerprint density at radius 1 is 0.656 bits per heavy atom. The summed E-state index contributed by atoms with van der Waals surface area (Å²) < 4.78 is 1.37. The lowest BCUT2D eigenvalue weighted by Crippen LogP contribution is -2.26. The topological polar surface area (TPSA) is 0 Å². The Morgan fingerprint density at radius 3 is 1.72 bits per heavy atom. The average Bonchev–Trinajstić information content (AvgIpc) is 3.07. The minimum Gasteiger partial charge on any atom is -0.175 e. The van der Waals surface area contributed by atoms with Crippen molar-refractivity contribution in [1.82, 2.24) is 0 Å². The predicted molar refractivity (Wildman–Crippen MR) is 154 cm³/mol. The van der Waals surface area contributed by atoms with E-state index in [1.54, 1.807) is 11.1 Å². The summed E-state index contributed by atoms with van der Waals surface area (Å²) in [6.07, 6.45) is 19.0. The molecule has 0 aromatic heterocycles. The molecule has 0 atom stereocenters. The van der Waals surface area contributed by atoms with Crippen LogP contribution in [0.4, 0.5) is 0 Å². The fourth-order valence-electron chi connectivity index (χ4n) is 5.69. The van der Waals surface area contributed by atoms with Gasteiger partial charge < -0.3 is 0 Å². The minimum atomic E-state index is 0.195. The van der Waals surface area contributed by atoms with Crippen LogP contribution < -0.4 is 0 Å². The number of halogens is 1. The van der Waals surface area contributed by atoms with E-state index < -0.39 is 0 Å². The fourth-order valence-corrected chi connectivity index (χ4v) is 6.38. The van der Waals surface area contributed by atoms with Gasteiger partial charge in [0.25, 0.3) is 0 Å². The van der Waals surface area contributed by atoms with Gasteiger partial charge >= 0.3 is 0 Å². The van der Waals surface area contributed by atoms with Crippen molar-refractivity contribution in [3.8, 4) is 11.1 Å². The zero-order chi connectivity index (χ0) is 22.8. The van der Waals surface area contributed by atoms with Crippen LogP contribution in [0.25, 0.3) is 11.1 Å². The minimum absolute atomic E-state index is 0.195. The number of hydrogen-bond donors (Lipinski definition) is 1. The van der Waals surface area contributed by atoms with Crippen LogP contribution in [0, 0.1) is 3.57 Å². The molecule has 0 heterocycles. The van der Waals surface area contributed by atoms with Gasteiger partial charge in [-0.2, -0.15) is 12.6 Å². The van der Waals surface area contributed by atoms with Crippen LogP contribution in [0.1, 0.15) is 120 Å². The van der Waals surface area contributed by atoms with E-state index in [0.29, 0.717) is 0 Å². The zero-order valence-electron chi connectivity index (χ0n) is 20.4. The standard InChI is InChI=1S/C30H43IS/c1-3-5-7-9-11-13-19-30(20-14-12-10-8-6-4-2)28-21-24(23-32)15-17-26(28)27-18-16-25(31)22-29(27)30/h15-18,21-22,32H,3-14,19-20,23H2,1-2H3. The smallest absolute Gasteiger partial charge is 0.0215 e. The molecule has 1 aliphatic carbocycles. The van der Waals surface area contributed by atoms with Gasteiger partial charge in [-0.3, -0.25) is 0 Å². The van der Waals surface area contributed by atoms with Gasteiger partial charge in [-0.1, -0.05) is 115 Å². The van der Waals surface area contributed by atoms with Crippen LogP contribution in [0.5, 0.6) is 0 Å². The van der Waals surface area contributed by atoms with E-state index in [4.69, 9.17) is 0 Å². The number of rotatable bonds is 15. The first-order chi connectivity index (χ1) is 15.7. The second kappa shape index (κ2) is 13.4. The van der Waals surface area contributed by atoms with Crippen molar-refractivity contribution in [2.24, 2.45) is 0 Å². The second-order valence-electron chi connectivity index (χ2n) is 9.85. The molecule has 3 rings (SSSR count). The first-order valence-corrected chi connectivity index (χ1v) is 14.9. The number of thiol groups is 1. The van der Waals surface area contributed by atoms with Gasteiger partial charge in [-0.05, 0) is 75.4 Å². The fraction of sp³-hybridized carbons (Fsp3) is 0.600. The van der Waals surface area contributed by atoms with Crippen LogP contribution >= 0.6 is 35.2 Å². The normalized spacial score (nSPS) is 13.9. The molecule has 2 aromatic carbocycles. The molecule has 0 unspecified atom stereocenters. The van der Waals surface area contributed by atoms with E-state index in [-0.39, 0.29) is 5.41 Å². The molecule has 0 nitrogen and oxygen atoms in total. The van der Waals surface area contributed by atoms with Crippen molar-refractivity contribution in [3.63, 3.8) is 0 Å². The molecule has 0 saturated heterocycles. The largest absolute Gasteiger partial charge is 0.175 e. The molecule has 0 bridgehead atoms. The SMILES string of the molecule is CCCCCCCCC1(CCCCCCCC)c2cc(I)ccc2-c2ccc(CS)cc21. The summed E-state index contributed by atoms with van der Waals surface area (Å²) in [5, 5.41) is 0. The third kappa shape index (κ3) is 6.34. The van der Waals surface area contributed by atoms with Crippen LogP contribution in [-0.2, 0) is 11.2 Å². The van der Waals surface area contributed by atoms with Crippen LogP contribution in [-0.4, -0.2) is 0 Å². The van der Waals surface area contributed by atoms with Crippen molar-refractivity contribution in [2.45, 2.75) is 115 Å². The van der Waals surface area contributed by atoms with Crippen molar-refractivity contribution < 1.29 is 0 Å². The highest BCUT2D eigenvalue weighted by Crippen LogP contribution is 2.54. The summed E-state index contributed by atoms with van der Waals surface area (Å²) in [6, 6.07) is 14.4. The van der Waals surface area contributed by atoms with Gasteiger partial charge in [0.05, 0.1) is 0 Å². The van der Waals surface area contributed by atoms with Gasteiger partial charge in [0.15, 0.2) is 0 Å². The maximum Gasteiger partial charge on any atom is 0.0215 e. The van der Waals surface area contributed by atoms with E-state index in [0.717, 1.165) is 5.75 Å². The maximum atomic E-state index is 4.62. The van der Waals surface area contributed by atoms with Gasteiger partial charge in [0.2, 0.25) is 0 Å². The predicted octanol–water partition coefficient (Wildman–Crippen LogP) is 10.5. The number of hydrogen-bond acceptors (Lipinski definition) is 1. The number of unbranched alkanes of at least 4 members (excludes halogenated alkanes) is 10. The Kier molecular flexibility index (Phi) is 11.0. The summed E-state index contributed by atoms with van der Waals surface area (Å²) in [5.74, 6) is 0.825. The third-order valence-electron chi connectivity index (χ3n) is 7.48. The molecule has 0 fully saturated rings. The highest BCUT2D eigenvalue weighted by Gasteiger charge is 2.42. The summed E-state index contributed by atoms with van der Waals surface area (Å²) in [4.78, 5) is 0. The third-order valence-corrected chi connectivity index (χ3v) is 8.52. The molecule has 32 heavy (non-hydrogen) atoms. The number of benzene rings is 2. The molecule has 0 N–H and O–H groups in total. The molecular formula is C30H43IS. The lowest BCUT2D eigenvalue weighted by atomic mass is 9.70. The van der Waals surface area contributed by atoms with Gasteiger partial charge in [0.1, 0.15) is 0 Å². The first kappa shape index (κ1) is 26.1. The molecular weight excluding hydrogens is 519 g/mol. The van der Waals surface area contributed by atoms with Crippen LogP contribution in [0.15, 0.2) is 36.4 Å². The quantitative estimate of drug-likeness (QED) is 0.125. The molecule has 0 spiro atoms. The van der Waals surface area contributed by atoms with Crippen molar-refractivity contribution >= 4 is 35.2 Å².